The van der Waals surface area contributed by atoms with Gasteiger partial charge in [0.05, 0.1) is 169 Å². The van der Waals surface area contributed by atoms with Crippen LogP contribution in [-0.4, -0.2) is 508 Å². The number of likely N-dealkylation sites (N-methyl/N-ethyl adjacent to an activating group) is 5. The van der Waals surface area contributed by atoms with Gasteiger partial charge in [0.2, 0.25) is 41.4 Å². The Morgan fingerprint density at radius 2 is 0.612 bits per heavy atom. The molecule has 43 nitrogen and oxygen atoms in total. The molecule has 7 amide bonds. The quantitative estimate of drug-likeness (QED) is 0.0251. The monoisotopic (exact) mass is 1510 g/mol. The maximum absolute atomic E-state index is 14.1. The Bertz CT molecular complexity index is 2270. The van der Waals surface area contributed by atoms with Crippen LogP contribution in [0.2, 0.25) is 0 Å². The first-order chi connectivity index (χ1) is 48.5. The molecule has 0 aromatic carbocycles. The van der Waals surface area contributed by atoms with Crippen LogP contribution in [-0.2, 0) is 62.0 Å². The fourth-order valence-electron chi connectivity index (χ4n) is 9.24. The standard InChI is InChI=1S/C60H118N10O33/c1-64(28-46(83)62-8-11-98-13-15-100-17-19-102-21-22-103-20-18-101-16-14-99-12-10-70(26-40(77)54(91)58(95)44(81)35-73)27-41(78)55(92)59(96)45(82)36-74)50(87)31-67(4)51(88)32-68(5)60(97)37(63-47(84)29-65(2)49(86)30-66(3)48(85)23-61)7-6-9-69(24-38(75)52(89)56(93)42(79)33-71)25-39(76)53(90)57(94)43(80)34-72/h37-45,52-59,71-82,89-96H,6-36,61H2,1-5H3,(H,62,83)(H,63,84)/t37?,38-,39-,40-,41-,42+,43+,44+,45+,52+,53+,54+,55+,56+,57+,58+,59+/m0/s1. The van der Waals surface area contributed by atoms with Crippen LogP contribution in [0.3, 0.4) is 0 Å². The SMILES string of the molecule is CN(CC(=O)NCCOCCOCCOCCOCCOCCOCCN(C[C@H](O)[C@@H](O)[C@H](O)[C@H](O)CO)C[C@H](O)[C@@H](O)[C@H](O)[C@H](O)CO)C(=O)CN(C)C(=O)CN(C)C(=O)C(CCCN(C[C@H](O)[C@@H](O)[C@H](O)[C@H](O)CO)C[C@H](O)[C@@H](O)[C@H](O)[C@H](O)CO)NC(=O)CN(C)C(=O)CN(C)C(=O)CN. The van der Waals surface area contributed by atoms with E-state index in [1.807, 2.05) is 0 Å². The van der Waals surface area contributed by atoms with E-state index in [0.29, 0.717) is 0 Å². The summed E-state index contributed by atoms with van der Waals surface area (Å²) in [6.45, 7) is -7.31. The Balaban J connectivity index is 5.11. The maximum atomic E-state index is 14.1. The molecule has 606 valence electrons. The number of hydrogen-bond donors (Lipinski definition) is 23. The van der Waals surface area contributed by atoms with Gasteiger partial charge >= 0.3 is 0 Å². The van der Waals surface area contributed by atoms with Crippen molar-refractivity contribution >= 4 is 41.4 Å². The van der Waals surface area contributed by atoms with E-state index in [2.05, 4.69) is 10.6 Å². The van der Waals surface area contributed by atoms with Crippen molar-refractivity contribution in [3.8, 4) is 0 Å². The number of rotatable bonds is 62. The first-order valence-corrected chi connectivity index (χ1v) is 33.3. The van der Waals surface area contributed by atoms with Crippen LogP contribution in [0.15, 0.2) is 0 Å². The minimum absolute atomic E-state index is 0.0262. The molecule has 17 atom stereocenters. The Morgan fingerprint density at radius 1 is 0.340 bits per heavy atom. The topological polar surface area (TPSA) is 652 Å². The highest BCUT2D eigenvalue weighted by molar-refractivity contribution is 5.93. The number of nitrogens with two attached hydrogens (primary N) is 1. The molecule has 0 saturated carbocycles. The molecule has 43 heteroatoms. The van der Waals surface area contributed by atoms with E-state index < -0.39 is 237 Å². The number of ether oxygens (including phenoxy) is 6. The van der Waals surface area contributed by atoms with Crippen LogP contribution in [0.25, 0.3) is 0 Å². The van der Waals surface area contributed by atoms with Crippen LogP contribution in [0.4, 0.5) is 0 Å². The fraction of sp³-hybridized carbons (Fsp3) is 0.883. The molecular weight excluding hydrogens is 1390 g/mol. The van der Waals surface area contributed by atoms with Crippen molar-refractivity contribution in [3.63, 3.8) is 0 Å². The maximum Gasteiger partial charge on any atom is 0.245 e. The predicted octanol–water partition coefficient (Wildman–Crippen LogP) is -16.9. The molecule has 0 aliphatic rings. The number of hydrogen-bond acceptors (Lipinski definition) is 36. The molecule has 0 bridgehead atoms. The summed E-state index contributed by atoms with van der Waals surface area (Å²) < 4.78 is 32.9. The lowest BCUT2D eigenvalue weighted by atomic mass is 10.0. The minimum atomic E-state index is -2.11. The lowest BCUT2D eigenvalue weighted by Gasteiger charge is -2.34. The second-order valence-corrected chi connectivity index (χ2v) is 24.4. The van der Waals surface area contributed by atoms with Gasteiger partial charge in [0.1, 0.15) is 79.3 Å². The average molecular weight is 1510 g/mol. The van der Waals surface area contributed by atoms with Crippen molar-refractivity contribution in [2.75, 3.05) is 226 Å². The zero-order valence-corrected chi connectivity index (χ0v) is 59.2. The van der Waals surface area contributed by atoms with Gasteiger partial charge in [-0.2, -0.15) is 0 Å². The summed E-state index contributed by atoms with van der Waals surface area (Å²) in [5.74, 6) is -5.05. The van der Waals surface area contributed by atoms with E-state index in [9.17, 15) is 125 Å². The molecule has 103 heavy (non-hydrogen) atoms. The summed E-state index contributed by atoms with van der Waals surface area (Å²) >= 11 is 0. The van der Waals surface area contributed by atoms with Crippen LogP contribution in [0.1, 0.15) is 12.8 Å². The summed E-state index contributed by atoms with van der Waals surface area (Å²) in [4.78, 5) is 99.0. The Kier molecular flexibility index (Phi) is 52.9. The van der Waals surface area contributed by atoms with Crippen molar-refractivity contribution in [2.45, 2.75) is 117 Å². The summed E-state index contributed by atoms with van der Waals surface area (Å²) in [5.41, 5.74) is 5.37. The van der Waals surface area contributed by atoms with Gasteiger partial charge in [-0.1, -0.05) is 0 Å². The predicted molar refractivity (Wildman–Crippen MR) is 354 cm³/mol. The molecule has 1 unspecified atom stereocenters. The van der Waals surface area contributed by atoms with Gasteiger partial charge in [-0.05, 0) is 19.4 Å². The largest absolute Gasteiger partial charge is 0.394 e. The van der Waals surface area contributed by atoms with Gasteiger partial charge < -0.3 is 171 Å². The molecule has 0 aliphatic carbocycles. The fourth-order valence-corrected chi connectivity index (χ4v) is 9.24. The molecule has 0 aromatic heterocycles. The van der Waals surface area contributed by atoms with Gasteiger partial charge in [-0.25, -0.2) is 0 Å². The van der Waals surface area contributed by atoms with Crippen molar-refractivity contribution in [1.29, 1.82) is 0 Å². The van der Waals surface area contributed by atoms with Crippen molar-refractivity contribution in [3.05, 3.63) is 0 Å². The molecule has 0 spiro atoms. The summed E-state index contributed by atoms with van der Waals surface area (Å²) in [5, 5.41) is 205. The van der Waals surface area contributed by atoms with Crippen LogP contribution >= 0.6 is 0 Å². The Labute approximate surface area is 597 Å². The molecule has 0 heterocycles. The molecular formula is C60H118N10O33. The number of carbonyl (C=O) groups excluding carboxylic acids is 7. The second-order valence-electron chi connectivity index (χ2n) is 24.4. The second kappa shape index (κ2) is 55.5. The van der Waals surface area contributed by atoms with Crippen molar-refractivity contribution in [1.82, 2.24) is 44.9 Å². The molecule has 0 aromatic rings. The van der Waals surface area contributed by atoms with E-state index >= 15 is 0 Å². The molecule has 0 rings (SSSR count). The zero-order valence-electron chi connectivity index (χ0n) is 59.2. The van der Waals surface area contributed by atoms with E-state index in [-0.39, 0.29) is 112 Å². The van der Waals surface area contributed by atoms with Crippen LogP contribution < -0.4 is 16.4 Å². The minimum Gasteiger partial charge on any atom is -0.394 e. The number of nitrogens with zero attached hydrogens (tertiary/aromatic N) is 7. The number of nitrogens with one attached hydrogen (secondary N) is 2. The third kappa shape index (κ3) is 40.6. The number of carbonyl (C=O) groups is 7. The highest BCUT2D eigenvalue weighted by Gasteiger charge is 2.37. The van der Waals surface area contributed by atoms with E-state index in [1.165, 1.54) is 45.0 Å². The van der Waals surface area contributed by atoms with Crippen molar-refractivity contribution in [2.24, 2.45) is 5.73 Å². The van der Waals surface area contributed by atoms with Crippen LogP contribution in [0.5, 0.6) is 0 Å². The molecule has 0 fully saturated rings. The lowest BCUT2D eigenvalue weighted by molar-refractivity contribution is -0.144. The zero-order chi connectivity index (χ0) is 78.5. The van der Waals surface area contributed by atoms with Gasteiger partial charge in [0.25, 0.3) is 0 Å². The summed E-state index contributed by atoms with van der Waals surface area (Å²) in [6, 6.07) is -1.50. The van der Waals surface area contributed by atoms with Crippen LogP contribution in [0, 0.1) is 0 Å². The first-order valence-electron chi connectivity index (χ1n) is 33.3. The summed E-state index contributed by atoms with van der Waals surface area (Å²) in [7, 11) is 6.32. The highest BCUT2D eigenvalue weighted by atomic mass is 16.6. The van der Waals surface area contributed by atoms with Crippen molar-refractivity contribution < 1.29 is 164 Å². The number of aliphatic hydroxyl groups is 20. The summed E-state index contributed by atoms with van der Waals surface area (Å²) in [6.07, 6.45) is -31.2. The van der Waals surface area contributed by atoms with Gasteiger partial charge in [0.15, 0.2) is 0 Å². The van der Waals surface area contributed by atoms with E-state index in [0.717, 1.165) is 24.5 Å². The average Bonchev–Trinajstić information content (AvgIpc) is 0.876. The normalized spacial score (nSPS) is 16.9. The third-order valence-electron chi connectivity index (χ3n) is 15.8. The van der Waals surface area contributed by atoms with E-state index in [4.69, 9.17) is 44.4 Å². The Hall–Kier alpha value is -4.87. The number of amides is 7. The molecule has 0 saturated heterocycles. The smallest absolute Gasteiger partial charge is 0.245 e. The molecule has 24 N–H and O–H groups in total. The third-order valence-corrected chi connectivity index (χ3v) is 15.8. The van der Waals surface area contributed by atoms with E-state index in [1.54, 1.807) is 0 Å². The highest BCUT2D eigenvalue weighted by Crippen LogP contribution is 2.15. The molecule has 0 radical (unpaired) electrons. The first kappa shape index (κ1) is 98.1. The van der Waals surface area contributed by atoms with Gasteiger partial charge in [0, 0.05) is 74.5 Å². The number of aliphatic hydroxyl groups excluding tert-OH is 20. The Morgan fingerprint density at radius 3 is 0.942 bits per heavy atom. The van der Waals surface area contributed by atoms with Gasteiger partial charge in [-0.15, -0.1) is 0 Å². The molecule has 0 aliphatic heterocycles. The lowest BCUT2D eigenvalue weighted by Crippen LogP contribution is -2.54. The van der Waals surface area contributed by atoms with Gasteiger partial charge in [-0.3, -0.25) is 43.4 Å².